The van der Waals surface area contributed by atoms with Crippen molar-refractivity contribution in [1.82, 2.24) is 5.32 Å². The highest BCUT2D eigenvalue weighted by Gasteiger charge is 2.11. The third-order valence-electron chi connectivity index (χ3n) is 3.23. The molecule has 10 heteroatoms. The summed E-state index contributed by atoms with van der Waals surface area (Å²) in [5.41, 5.74) is 0.518. The summed E-state index contributed by atoms with van der Waals surface area (Å²) in [4.78, 5) is 35.4. The summed E-state index contributed by atoms with van der Waals surface area (Å²) < 4.78 is 42.0. The van der Waals surface area contributed by atoms with E-state index in [1.54, 1.807) is 0 Å². The second-order valence-corrected chi connectivity index (χ2v) is 6.36. The van der Waals surface area contributed by atoms with E-state index in [0.29, 0.717) is 22.3 Å². The van der Waals surface area contributed by atoms with Crippen LogP contribution < -0.4 is 10.6 Å². The number of benzene rings is 2. The van der Waals surface area contributed by atoms with Crippen LogP contribution in [0.5, 0.6) is 0 Å². The number of rotatable bonds is 8. The van der Waals surface area contributed by atoms with E-state index in [1.807, 2.05) is 0 Å². The van der Waals surface area contributed by atoms with E-state index in [-0.39, 0.29) is 5.56 Å². The molecule has 0 saturated heterocycles. The molecule has 28 heavy (non-hydrogen) atoms. The molecule has 148 valence electrons. The molecule has 0 saturated carbocycles. The molecule has 6 nitrogen and oxygen atoms in total. The number of halogens is 3. The SMILES string of the molecule is O=C(COC(=O)CNC(=O)c1ccc(F)cc1)Nc1ccc(SC(F)F)cc1. The number of nitrogens with one attached hydrogen (secondary N) is 2. The second-order valence-electron chi connectivity index (χ2n) is 5.30. The third-order valence-corrected chi connectivity index (χ3v) is 3.95. The molecule has 0 aromatic heterocycles. The first-order valence-corrected chi connectivity index (χ1v) is 8.75. The molecule has 0 unspecified atom stereocenters. The Morgan fingerprint density at radius 2 is 1.64 bits per heavy atom. The summed E-state index contributed by atoms with van der Waals surface area (Å²) >= 11 is 0.379. The maximum atomic E-state index is 12.8. The quantitative estimate of drug-likeness (QED) is 0.514. The monoisotopic (exact) mass is 412 g/mol. The first kappa shape index (κ1) is 21.3. The lowest BCUT2D eigenvalue weighted by Gasteiger charge is -2.08. The molecule has 0 spiro atoms. The van der Waals surface area contributed by atoms with Gasteiger partial charge in [0.2, 0.25) is 0 Å². The van der Waals surface area contributed by atoms with Gasteiger partial charge in [0.05, 0.1) is 0 Å². The van der Waals surface area contributed by atoms with Crippen molar-refractivity contribution in [2.45, 2.75) is 10.7 Å². The molecular formula is C18H15F3N2O4S. The molecule has 0 radical (unpaired) electrons. The predicted octanol–water partition coefficient (Wildman–Crippen LogP) is 3.05. The number of hydrogen-bond donors (Lipinski definition) is 2. The lowest BCUT2D eigenvalue weighted by atomic mass is 10.2. The zero-order valence-corrected chi connectivity index (χ0v) is 15.1. The molecule has 2 amide bonds. The van der Waals surface area contributed by atoms with Crippen molar-refractivity contribution in [3.63, 3.8) is 0 Å². The molecule has 0 aliphatic carbocycles. The van der Waals surface area contributed by atoms with Crippen molar-refractivity contribution in [1.29, 1.82) is 0 Å². The minimum absolute atomic E-state index is 0.167. The molecule has 0 heterocycles. The summed E-state index contributed by atoms with van der Waals surface area (Å²) in [6.45, 7) is -1.05. The largest absolute Gasteiger partial charge is 0.454 e. The van der Waals surface area contributed by atoms with E-state index in [1.165, 1.54) is 36.4 Å². The van der Waals surface area contributed by atoms with E-state index >= 15 is 0 Å². The Kier molecular flexibility index (Phi) is 7.88. The smallest absolute Gasteiger partial charge is 0.325 e. The Morgan fingerprint density at radius 1 is 1.00 bits per heavy atom. The van der Waals surface area contributed by atoms with Gasteiger partial charge in [0.15, 0.2) is 6.61 Å². The highest BCUT2D eigenvalue weighted by Crippen LogP contribution is 2.26. The Morgan fingerprint density at radius 3 is 2.25 bits per heavy atom. The number of anilines is 1. The third kappa shape index (κ3) is 7.31. The zero-order valence-electron chi connectivity index (χ0n) is 14.3. The normalized spacial score (nSPS) is 10.4. The molecule has 0 fully saturated rings. The average Bonchev–Trinajstić information content (AvgIpc) is 2.66. The zero-order chi connectivity index (χ0) is 20.5. The topological polar surface area (TPSA) is 84.5 Å². The Hall–Kier alpha value is -3.01. The van der Waals surface area contributed by atoms with Gasteiger partial charge in [-0.15, -0.1) is 0 Å². The van der Waals surface area contributed by atoms with Gasteiger partial charge in [0.25, 0.3) is 17.6 Å². The number of alkyl halides is 2. The summed E-state index contributed by atoms with van der Waals surface area (Å²) in [5, 5.41) is 4.72. The number of amides is 2. The molecule has 2 aromatic rings. The van der Waals surface area contributed by atoms with Gasteiger partial charge < -0.3 is 15.4 Å². The molecule has 0 aliphatic heterocycles. The number of hydrogen-bond acceptors (Lipinski definition) is 5. The van der Waals surface area contributed by atoms with Crippen LogP contribution in [-0.4, -0.2) is 36.7 Å². The van der Waals surface area contributed by atoms with Crippen LogP contribution in [0.2, 0.25) is 0 Å². The summed E-state index contributed by atoms with van der Waals surface area (Å²) in [6, 6.07) is 10.4. The first-order chi connectivity index (χ1) is 13.3. The Balaban J connectivity index is 1.71. The van der Waals surface area contributed by atoms with Crippen molar-refractivity contribution in [3.8, 4) is 0 Å². The van der Waals surface area contributed by atoms with Crippen LogP contribution in [0.15, 0.2) is 53.4 Å². The standard InChI is InChI=1S/C18H15F3N2O4S/c19-12-3-1-11(2-4-12)17(26)22-9-16(25)27-10-15(24)23-13-5-7-14(8-6-13)28-18(20)21/h1-8,18H,9-10H2,(H,22,26)(H,23,24). The first-order valence-electron chi connectivity index (χ1n) is 7.87. The van der Waals surface area contributed by atoms with Crippen molar-refractivity contribution in [2.24, 2.45) is 0 Å². The van der Waals surface area contributed by atoms with E-state index in [9.17, 15) is 27.6 Å². The highest BCUT2D eigenvalue weighted by molar-refractivity contribution is 7.99. The number of carbonyl (C=O) groups excluding carboxylic acids is 3. The fourth-order valence-corrected chi connectivity index (χ4v) is 2.47. The number of esters is 1. The number of thioether (sulfide) groups is 1. The molecular weight excluding hydrogens is 397 g/mol. The van der Waals surface area contributed by atoms with E-state index < -0.39 is 42.5 Å². The van der Waals surface area contributed by atoms with Crippen LogP contribution in [0.4, 0.5) is 18.9 Å². The highest BCUT2D eigenvalue weighted by atomic mass is 32.2. The fourth-order valence-electron chi connectivity index (χ4n) is 1.97. The number of ether oxygens (including phenoxy) is 1. The molecule has 2 rings (SSSR count). The fraction of sp³-hybridized carbons (Fsp3) is 0.167. The van der Waals surface area contributed by atoms with Gasteiger partial charge in [0, 0.05) is 16.1 Å². The Labute approximate surface area is 162 Å². The van der Waals surface area contributed by atoms with Crippen LogP contribution in [0.25, 0.3) is 0 Å². The summed E-state index contributed by atoms with van der Waals surface area (Å²) in [6.07, 6.45) is 0. The lowest BCUT2D eigenvalue weighted by molar-refractivity contribution is -0.146. The minimum atomic E-state index is -2.54. The van der Waals surface area contributed by atoms with Crippen LogP contribution in [-0.2, 0) is 14.3 Å². The minimum Gasteiger partial charge on any atom is -0.454 e. The van der Waals surface area contributed by atoms with Gasteiger partial charge in [-0.1, -0.05) is 11.8 Å². The second kappa shape index (κ2) is 10.4. The van der Waals surface area contributed by atoms with Gasteiger partial charge in [-0.2, -0.15) is 8.78 Å². The van der Waals surface area contributed by atoms with Crippen LogP contribution in [0.1, 0.15) is 10.4 Å². The maximum Gasteiger partial charge on any atom is 0.325 e. The van der Waals surface area contributed by atoms with Crippen LogP contribution in [0, 0.1) is 5.82 Å². The van der Waals surface area contributed by atoms with Gasteiger partial charge in [-0.3, -0.25) is 14.4 Å². The van der Waals surface area contributed by atoms with Gasteiger partial charge >= 0.3 is 5.97 Å². The molecule has 2 N–H and O–H groups in total. The van der Waals surface area contributed by atoms with Crippen molar-refractivity contribution >= 4 is 35.2 Å². The molecule has 2 aromatic carbocycles. The predicted molar refractivity (Wildman–Crippen MR) is 96.6 cm³/mol. The lowest BCUT2D eigenvalue weighted by Crippen LogP contribution is -2.32. The van der Waals surface area contributed by atoms with Gasteiger partial charge in [-0.05, 0) is 48.5 Å². The van der Waals surface area contributed by atoms with Crippen molar-refractivity contribution in [3.05, 3.63) is 59.9 Å². The van der Waals surface area contributed by atoms with Gasteiger partial charge in [-0.25, -0.2) is 4.39 Å². The van der Waals surface area contributed by atoms with Crippen LogP contribution >= 0.6 is 11.8 Å². The molecule has 0 atom stereocenters. The van der Waals surface area contributed by atoms with E-state index in [0.717, 1.165) is 12.1 Å². The summed E-state index contributed by atoms with van der Waals surface area (Å²) in [7, 11) is 0. The van der Waals surface area contributed by atoms with Crippen LogP contribution in [0.3, 0.4) is 0 Å². The van der Waals surface area contributed by atoms with Crippen molar-refractivity contribution in [2.75, 3.05) is 18.5 Å². The molecule has 0 bridgehead atoms. The van der Waals surface area contributed by atoms with E-state index in [2.05, 4.69) is 10.6 Å². The Bertz CT molecular complexity index is 830. The number of carbonyl (C=O) groups is 3. The van der Waals surface area contributed by atoms with Gasteiger partial charge in [0.1, 0.15) is 12.4 Å². The summed E-state index contributed by atoms with van der Waals surface area (Å²) in [5.74, 6) is -5.10. The maximum absolute atomic E-state index is 12.8. The van der Waals surface area contributed by atoms with Crippen molar-refractivity contribution < 1.29 is 32.3 Å². The average molecular weight is 412 g/mol. The molecule has 0 aliphatic rings. The van der Waals surface area contributed by atoms with E-state index in [4.69, 9.17) is 4.74 Å².